The molecule has 2 aromatic heterocycles. The monoisotopic (exact) mass is 379 g/mol. The summed E-state index contributed by atoms with van der Waals surface area (Å²) < 4.78 is 1.50. The molecule has 28 heavy (non-hydrogen) atoms. The van der Waals surface area contributed by atoms with Crippen molar-refractivity contribution in [3.8, 4) is 5.69 Å². The number of aromatic nitrogens is 4. The third kappa shape index (κ3) is 3.88. The van der Waals surface area contributed by atoms with Crippen LogP contribution in [0.15, 0.2) is 47.5 Å². The zero-order valence-electron chi connectivity index (χ0n) is 16.8. The van der Waals surface area contributed by atoms with E-state index in [0.717, 1.165) is 11.3 Å². The number of aryl methyl sites for hydroxylation is 1. The Balaban J connectivity index is 1.97. The van der Waals surface area contributed by atoms with Gasteiger partial charge in [-0.3, -0.25) is 14.2 Å². The topological polar surface area (TPSA) is 81.8 Å². The van der Waals surface area contributed by atoms with Crippen LogP contribution in [0.3, 0.4) is 0 Å². The van der Waals surface area contributed by atoms with Gasteiger partial charge in [0.15, 0.2) is 5.82 Å². The van der Waals surface area contributed by atoms with Crippen LogP contribution >= 0.6 is 0 Å². The minimum absolute atomic E-state index is 0.0783. The highest BCUT2D eigenvalue weighted by Crippen LogP contribution is 2.18. The molecule has 146 valence electrons. The summed E-state index contributed by atoms with van der Waals surface area (Å²) in [7, 11) is 0. The molecule has 0 unspecified atom stereocenters. The van der Waals surface area contributed by atoms with Crippen molar-refractivity contribution in [1.29, 1.82) is 0 Å². The van der Waals surface area contributed by atoms with Crippen LogP contribution in [0.4, 0.5) is 5.82 Å². The Morgan fingerprint density at radius 1 is 1.14 bits per heavy atom. The molecular weight excluding hydrogens is 354 g/mol. The first-order chi connectivity index (χ1) is 13.3. The van der Waals surface area contributed by atoms with E-state index in [2.05, 4.69) is 29.4 Å². The van der Waals surface area contributed by atoms with E-state index in [-0.39, 0.29) is 17.2 Å². The summed E-state index contributed by atoms with van der Waals surface area (Å²) in [5, 5.41) is 11.0. The summed E-state index contributed by atoms with van der Waals surface area (Å²) in [5.41, 5.74) is 2.19. The maximum atomic E-state index is 13.1. The van der Waals surface area contributed by atoms with Gasteiger partial charge < -0.3 is 5.32 Å². The van der Waals surface area contributed by atoms with Crippen molar-refractivity contribution < 1.29 is 4.79 Å². The van der Waals surface area contributed by atoms with Gasteiger partial charge >= 0.3 is 0 Å². The lowest BCUT2D eigenvalue weighted by atomic mass is 10.0. The van der Waals surface area contributed by atoms with Gasteiger partial charge in [-0.15, -0.1) is 5.10 Å². The summed E-state index contributed by atoms with van der Waals surface area (Å²) in [5.74, 6) is 0.162. The normalized spacial score (nSPS) is 11.2. The number of anilines is 1. The molecule has 3 rings (SSSR count). The molecule has 0 aliphatic heterocycles. The van der Waals surface area contributed by atoms with Gasteiger partial charge in [0.05, 0.1) is 12.2 Å². The highest BCUT2D eigenvalue weighted by Gasteiger charge is 2.18. The zero-order valence-corrected chi connectivity index (χ0v) is 16.8. The second-order valence-corrected chi connectivity index (χ2v) is 7.40. The predicted molar refractivity (Wildman–Crippen MR) is 109 cm³/mol. The summed E-state index contributed by atoms with van der Waals surface area (Å²) in [6.45, 7) is 9.82. The number of nitrogens with zero attached hydrogens (tertiary/aromatic N) is 4. The number of benzene rings is 1. The Kier molecular flexibility index (Phi) is 5.44. The molecule has 3 aromatic rings. The van der Waals surface area contributed by atoms with Crippen LogP contribution in [0.25, 0.3) is 5.69 Å². The number of nitrogens with one attached hydrogen (secondary N) is 1. The van der Waals surface area contributed by atoms with Crippen LogP contribution in [-0.2, 0) is 0 Å². The van der Waals surface area contributed by atoms with E-state index < -0.39 is 5.91 Å². The van der Waals surface area contributed by atoms with Crippen LogP contribution in [-0.4, -0.2) is 25.5 Å². The highest BCUT2D eigenvalue weighted by atomic mass is 16.2. The van der Waals surface area contributed by atoms with Crippen molar-refractivity contribution in [1.82, 2.24) is 19.6 Å². The number of carbonyl (C=O) groups excluding carboxylic acids is 1. The largest absolute Gasteiger partial charge is 0.304 e. The number of hydrogen-bond acceptors (Lipinski definition) is 4. The molecule has 0 saturated heterocycles. The van der Waals surface area contributed by atoms with E-state index in [1.807, 2.05) is 38.1 Å². The fraction of sp³-hybridized carbons (Fsp3) is 0.333. The van der Waals surface area contributed by atoms with Gasteiger partial charge in [-0.1, -0.05) is 26.0 Å². The van der Waals surface area contributed by atoms with E-state index in [4.69, 9.17) is 0 Å². The molecule has 0 spiro atoms. The molecule has 0 fully saturated rings. The van der Waals surface area contributed by atoms with Crippen LogP contribution < -0.4 is 10.9 Å². The molecule has 7 nitrogen and oxygen atoms in total. The average Bonchev–Trinajstić information content (AvgIpc) is 3.10. The Morgan fingerprint density at radius 3 is 2.54 bits per heavy atom. The molecule has 7 heteroatoms. The number of amides is 1. The second-order valence-electron chi connectivity index (χ2n) is 7.40. The van der Waals surface area contributed by atoms with Gasteiger partial charge in [-0.05, 0) is 56.0 Å². The number of carbonyl (C=O) groups is 1. The van der Waals surface area contributed by atoms with Crippen LogP contribution in [0, 0.1) is 6.92 Å². The van der Waals surface area contributed by atoms with Gasteiger partial charge in [0, 0.05) is 11.9 Å². The first-order valence-corrected chi connectivity index (χ1v) is 9.33. The Bertz CT molecular complexity index is 1060. The molecule has 1 N–H and O–H groups in total. The van der Waals surface area contributed by atoms with Crippen molar-refractivity contribution >= 4 is 11.7 Å². The molecule has 0 saturated carbocycles. The van der Waals surface area contributed by atoms with E-state index in [0.29, 0.717) is 17.3 Å². The van der Waals surface area contributed by atoms with E-state index in [9.17, 15) is 9.59 Å². The molecule has 0 atom stereocenters. The number of pyridine rings is 1. The quantitative estimate of drug-likeness (QED) is 0.733. The molecule has 0 aliphatic carbocycles. The summed E-state index contributed by atoms with van der Waals surface area (Å²) in [4.78, 5) is 27.4. The molecule has 1 aromatic carbocycles. The van der Waals surface area contributed by atoms with Crippen molar-refractivity contribution in [3.05, 3.63) is 69.8 Å². The molecule has 0 aliphatic rings. The highest BCUT2D eigenvalue weighted by molar-refractivity contribution is 6.04. The van der Waals surface area contributed by atoms with E-state index >= 15 is 0 Å². The lowest BCUT2D eigenvalue weighted by molar-refractivity contribution is 0.102. The van der Waals surface area contributed by atoms with E-state index in [1.54, 1.807) is 19.2 Å². The van der Waals surface area contributed by atoms with Gasteiger partial charge in [0.2, 0.25) is 0 Å². The number of hydrogen-bond donors (Lipinski definition) is 1. The van der Waals surface area contributed by atoms with Gasteiger partial charge in [0.1, 0.15) is 5.56 Å². The maximum absolute atomic E-state index is 13.1. The molecule has 2 heterocycles. The molecule has 0 radical (unpaired) electrons. The molecule has 1 amide bonds. The lowest BCUT2D eigenvalue weighted by Crippen LogP contribution is -2.29. The van der Waals surface area contributed by atoms with Crippen LogP contribution in [0.5, 0.6) is 0 Å². The fourth-order valence-corrected chi connectivity index (χ4v) is 2.90. The Morgan fingerprint density at radius 2 is 1.89 bits per heavy atom. The summed E-state index contributed by atoms with van der Waals surface area (Å²) in [6, 6.07) is 9.62. The fourth-order valence-electron chi connectivity index (χ4n) is 2.90. The average molecular weight is 379 g/mol. The molecular formula is C21H25N5O2. The van der Waals surface area contributed by atoms with Crippen molar-refractivity contribution in [2.24, 2.45) is 0 Å². The predicted octanol–water partition coefficient (Wildman–Crippen LogP) is 3.69. The van der Waals surface area contributed by atoms with E-state index in [1.165, 1.54) is 15.6 Å². The third-order valence-corrected chi connectivity index (χ3v) is 4.55. The first kappa shape index (κ1) is 19.5. The number of rotatable bonds is 5. The summed E-state index contributed by atoms with van der Waals surface area (Å²) in [6.07, 6.45) is 3.17. The standard InChI is InChI=1S/C21H25N5O2/c1-13(2)16-7-6-8-17(11-16)25-10-9-15(5)19(21(25)28)20(27)23-18-12-22-26(24-18)14(3)4/h6-14H,1-5H3,(H,23,24,27). The summed E-state index contributed by atoms with van der Waals surface area (Å²) >= 11 is 0. The van der Waals surface area contributed by atoms with Gasteiger partial charge in [-0.25, -0.2) is 0 Å². The Hall–Kier alpha value is -3.22. The molecule has 0 bridgehead atoms. The Labute approximate surface area is 164 Å². The van der Waals surface area contributed by atoms with Crippen molar-refractivity contribution in [2.75, 3.05) is 5.32 Å². The van der Waals surface area contributed by atoms with Crippen LogP contribution in [0.2, 0.25) is 0 Å². The van der Waals surface area contributed by atoms with Gasteiger partial charge in [0.25, 0.3) is 11.5 Å². The van der Waals surface area contributed by atoms with Crippen molar-refractivity contribution in [3.63, 3.8) is 0 Å². The second kappa shape index (κ2) is 7.80. The smallest absolute Gasteiger partial charge is 0.268 e. The van der Waals surface area contributed by atoms with Crippen molar-refractivity contribution in [2.45, 2.75) is 46.6 Å². The SMILES string of the molecule is Cc1ccn(-c2cccc(C(C)C)c2)c(=O)c1C(=O)Nc1cnn(C(C)C)n1. The van der Waals surface area contributed by atoms with Gasteiger partial charge in [-0.2, -0.15) is 9.90 Å². The maximum Gasteiger partial charge on any atom is 0.268 e. The lowest BCUT2D eigenvalue weighted by Gasteiger charge is -2.13. The third-order valence-electron chi connectivity index (χ3n) is 4.55. The minimum atomic E-state index is -0.493. The first-order valence-electron chi connectivity index (χ1n) is 9.33. The van der Waals surface area contributed by atoms with Crippen LogP contribution in [0.1, 0.15) is 61.1 Å². The minimum Gasteiger partial charge on any atom is -0.304 e. The zero-order chi connectivity index (χ0) is 20.4.